The third-order valence-corrected chi connectivity index (χ3v) is 2.46. The van der Waals surface area contributed by atoms with Gasteiger partial charge in [-0.05, 0) is 49.4 Å². The molecule has 1 N–H and O–H groups in total. The van der Waals surface area contributed by atoms with Gasteiger partial charge in [0, 0.05) is 6.20 Å². The Morgan fingerprint density at radius 2 is 2.19 bits per heavy atom. The van der Waals surface area contributed by atoms with Crippen LogP contribution in [0.5, 0.6) is 0 Å². The lowest BCUT2D eigenvalue weighted by atomic mass is 10.2. The molecule has 1 rings (SSSR count). The first-order valence-electron chi connectivity index (χ1n) is 4.59. The van der Waals surface area contributed by atoms with Gasteiger partial charge in [-0.3, -0.25) is 5.32 Å². The lowest BCUT2D eigenvalue weighted by molar-refractivity contribution is 0.0635. The molecule has 0 bridgehead atoms. The molecule has 1 aromatic rings. The van der Waals surface area contributed by atoms with Crippen molar-refractivity contribution in [3.8, 4) is 0 Å². The molecule has 0 aliphatic heterocycles. The molecule has 0 spiro atoms. The van der Waals surface area contributed by atoms with E-state index in [0.29, 0.717) is 10.8 Å². The van der Waals surface area contributed by atoms with E-state index in [1.165, 1.54) is 6.20 Å². The van der Waals surface area contributed by atoms with Crippen molar-refractivity contribution in [1.82, 2.24) is 4.98 Å². The largest absolute Gasteiger partial charge is 0.444 e. The molecule has 4 nitrogen and oxygen atoms in total. The van der Waals surface area contributed by atoms with Crippen molar-refractivity contribution in [2.75, 3.05) is 5.32 Å². The average Bonchev–Trinajstić information content (AvgIpc) is 2.06. The van der Waals surface area contributed by atoms with Gasteiger partial charge in [-0.1, -0.05) is 11.6 Å². The molecule has 6 heteroatoms. The maximum Gasteiger partial charge on any atom is 0.413 e. The number of ether oxygens (including phenoxy) is 1. The Hall–Kier alpha value is -0.560. The lowest BCUT2D eigenvalue weighted by Gasteiger charge is -2.19. The van der Waals surface area contributed by atoms with E-state index in [1.54, 1.807) is 26.8 Å². The van der Waals surface area contributed by atoms with E-state index >= 15 is 0 Å². The van der Waals surface area contributed by atoms with Gasteiger partial charge in [-0.15, -0.1) is 0 Å². The van der Waals surface area contributed by atoms with Crippen molar-refractivity contribution in [3.63, 3.8) is 0 Å². The number of anilines is 1. The van der Waals surface area contributed by atoms with E-state index in [1.807, 2.05) is 22.6 Å². The van der Waals surface area contributed by atoms with E-state index in [2.05, 4.69) is 10.3 Å². The van der Waals surface area contributed by atoms with Crippen LogP contribution in [0.25, 0.3) is 0 Å². The number of aromatic nitrogens is 1. The van der Waals surface area contributed by atoms with E-state index in [9.17, 15) is 4.79 Å². The fraction of sp³-hybridized carbons (Fsp3) is 0.400. The van der Waals surface area contributed by atoms with Crippen LogP contribution in [-0.2, 0) is 4.74 Å². The van der Waals surface area contributed by atoms with Crippen molar-refractivity contribution >= 4 is 46.1 Å². The first-order chi connectivity index (χ1) is 7.28. The quantitative estimate of drug-likeness (QED) is 0.783. The lowest BCUT2D eigenvalue weighted by Crippen LogP contribution is -2.27. The molecular formula is C10H12ClIN2O2. The van der Waals surface area contributed by atoms with Gasteiger partial charge in [0.15, 0.2) is 0 Å². The molecular weight excluding hydrogens is 342 g/mol. The van der Waals surface area contributed by atoms with Crippen LogP contribution in [-0.4, -0.2) is 16.7 Å². The van der Waals surface area contributed by atoms with Crippen LogP contribution in [0.15, 0.2) is 12.3 Å². The van der Waals surface area contributed by atoms with E-state index in [-0.39, 0.29) is 0 Å². The minimum atomic E-state index is -0.528. The number of halogens is 2. The summed E-state index contributed by atoms with van der Waals surface area (Å²) in [6, 6.07) is 1.71. The zero-order valence-electron chi connectivity index (χ0n) is 9.17. The molecule has 1 aromatic heterocycles. The molecule has 0 fully saturated rings. The van der Waals surface area contributed by atoms with Crippen LogP contribution in [0.2, 0.25) is 5.02 Å². The zero-order valence-corrected chi connectivity index (χ0v) is 12.1. The third kappa shape index (κ3) is 4.52. The van der Waals surface area contributed by atoms with Crippen molar-refractivity contribution in [1.29, 1.82) is 0 Å². The van der Waals surface area contributed by atoms with E-state index < -0.39 is 11.7 Å². The first-order valence-corrected chi connectivity index (χ1v) is 6.04. The van der Waals surface area contributed by atoms with Gasteiger partial charge in [0.25, 0.3) is 0 Å². The Balaban J connectivity index is 2.70. The summed E-state index contributed by atoms with van der Waals surface area (Å²) in [7, 11) is 0. The molecule has 0 aliphatic carbocycles. The van der Waals surface area contributed by atoms with Crippen molar-refractivity contribution in [2.24, 2.45) is 0 Å². The smallest absolute Gasteiger partial charge is 0.413 e. The maximum absolute atomic E-state index is 11.5. The highest BCUT2D eigenvalue weighted by Crippen LogP contribution is 2.20. The van der Waals surface area contributed by atoms with Crippen LogP contribution >= 0.6 is 34.2 Å². The van der Waals surface area contributed by atoms with Crippen LogP contribution < -0.4 is 5.32 Å². The SMILES string of the molecule is CC(C)(C)OC(=O)Nc1ncc(Cl)cc1I. The fourth-order valence-corrected chi connectivity index (χ4v) is 1.86. The predicted octanol–water partition coefficient (Wildman–Crippen LogP) is 3.69. The summed E-state index contributed by atoms with van der Waals surface area (Å²) in [5, 5.41) is 3.08. The Labute approximate surface area is 113 Å². The highest BCUT2D eigenvalue weighted by molar-refractivity contribution is 14.1. The normalized spacial score (nSPS) is 11.1. The Morgan fingerprint density at radius 1 is 1.56 bits per heavy atom. The van der Waals surface area contributed by atoms with Crippen molar-refractivity contribution in [3.05, 3.63) is 20.9 Å². The summed E-state index contributed by atoms with van der Waals surface area (Å²) in [6.45, 7) is 5.40. The number of carbonyl (C=O) groups excluding carboxylic acids is 1. The highest BCUT2D eigenvalue weighted by Gasteiger charge is 2.17. The Bertz CT molecular complexity index is 404. The summed E-state index contributed by atoms with van der Waals surface area (Å²) in [6.07, 6.45) is 0.941. The topological polar surface area (TPSA) is 51.2 Å². The predicted molar refractivity (Wildman–Crippen MR) is 71.8 cm³/mol. The fourth-order valence-electron chi connectivity index (χ4n) is 0.907. The number of carbonyl (C=O) groups is 1. The summed E-state index contributed by atoms with van der Waals surface area (Å²) in [5.41, 5.74) is -0.526. The number of nitrogens with zero attached hydrogens (tertiary/aromatic N) is 1. The molecule has 1 amide bonds. The molecule has 0 unspecified atom stereocenters. The summed E-state index contributed by atoms with van der Waals surface area (Å²) >= 11 is 7.79. The molecule has 0 aliphatic rings. The number of rotatable bonds is 1. The van der Waals surface area contributed by atoms with Gasteiger partial charge in [0.1, 0.15) is 11.4 Å². The monoisotopic (exact) mass is 354 g/mol. The minimum absolute atomic E-state index is 0.444. The highest BCUT2D eigenvalue weighted by atomic mass is 127. The first kappa shape index (κ1) is 13.5. The van der Waals surface area contributed by atoms with Crippen LogP contribution in [0, 0.1) is 3.57 Å². The van der Waals surface area contributed by atoms with Gasteiger partial charge >= 0.3 is 6.09 Å². The summed E-state index contributed by atoms with van der Waals surface area (Å²) in [5.74, 6) is 0.444. The maximum atomic E-state index is 11.5. The minimum Gasteiger partial charge on any atom is -0.444 e. The van der Waals surface area contributed by atoms with Crippen molar-refractivity contribution < 1.29 is 9.53 Å². The average molecular weight is 355 g/mol. The molecule has 0 radical (unpaired) electrons. The Morgan fingerprint density at radius 3 is 2.69 bits per heavy atom. The number of pyridine rings is 1. The van der Waals surface area contributed by atoms with Gasteiger partial charge in [-0.25, -0.2) is 9.78 Å². The number of amides is 1. The van der Waals surface area contributed by atoms with Gasteiger partial charge in [0.05, 0.1) is 8.59 Å². The standard InChI is InChI=1S/C10H12ClIN2O2/c1-10(2,3)16-9(15)14-8-7(12)4-6(11)5-13-8/h4-5H,1-3H3,(H,13,14,15). The second kappa shape index (κ2) is 5.18. The molecule has 0 saturated carbocycles. The molecule has 0 atom stereocenters. The molecule has 0 saturated heterocycles. The zero-order chi connectivity index (χ0) is 12.3. The number of hydrogen-bond acceptors (Lipinski definition) is 3. The van der Waals surface area contributed by atoms with Crippen LogP contribution in [0.4, 0.5) is 10.6 Å². The summed E-state index contributed by atoms with van der Waals surface area (Å²) in [4.78, 5) is 15.5. The summed E-state index contributed by atoms with van der Waals surface area (Å²) < 4.78 is 5.86. The molecule has 88 valence electrons. The second-order valence-electron chi connectivity index (χ2n) is 4.11. The van der Waals surface area contributed by atoms with Gasteiger partial charge < -0.3 is 4.74 Å². The number of nitrogens with one attached hydrogen (secondary N) is 1. The van der Waals surface area contributed by atoms with Crippen molar-refractivity contribution in [2.45, 2.75) is 26.4 Å². The number of hydrogen-bond donors (Lipinski definition) is 1. The Kier molecular flexibility index (Phi) is 4.37. The van der Waals surface area contributed by atoms with Crippen LogP contribution in [0.3, 0.4) is 0 Å². The second-order valence-corrected chi connectivity index (χ2v) is 5.71. The van der Waals surface area contributed by atoms with Crippen LogP contribution in [0.1, 0.15) is 20.8 Å². The van der Waals surface area contributed by atoms with E-state index in [0.717, 1.165) is 3.57 Å². The van der Waals surface area contributed by atoms with Gasteiger partial charge in [0.2, 0.25) is 0 Å². The van der Waals surface area contributed by atoms with E-state index in [4.69, 9.17) is 16.3 Å². The third-order valence-electron chi connectivity index (χ3n) is 1.43. The van der Waals surface area contributed by atoms with Gasteiger partial charge in [-0.2, -0.15) is 0 Å². The molecule has 0 aromatic carbocycles. The molecule has 16 heavy (non-hydrogen) atoms. The molecule has 1 heterocycles.